The van der Waals surface area contributed by atoms with Crippen LogP contribution in [0, 0.1) is 20.8 Å². The van der Waals surface area contributed by atoms with Crippen molar-refractivity contribution in [3.63, 3.8) is 0 Å². The van der Waals surface area contributed by atoms with Crippen molar-refractivity contribution in [3.8, 4) is 5.75 Å². The Hall–Kier alpha value is -3.41. The second-order valence-electron chi connectivity index (χ2n) is 7.31. The summed E-state index contributed by atoms with van der Waals surface area (Å²) in [6, 6.07) is 11.5. The molecular formula is C23H26N4O2. The summed E-state index contributed by atoms with van der Waals surface area (Å²) in [6.45, 7) is 10.0. The summed E-state index contributed by atoms with van der Waals surface area (Å²) >= 11 is 0. The predicted molar refractivity (Wildman–Crippen MR) is 116 cm³/mol. The van der Waals surface area contributed by atoms with Crippen molar-refractivity contribution in [2.24, 2.45) is 0 Å². The van der Waals surface area contributed by atoms with Crippen LogP contribution in [0.1, 0.15) is 40.9 Å². The molecule has 0 spiro atoms. The Kier molecular flexibility index (Phi) is 6.12. The summed E-state index contributed by atoms with van der Waals surface area (Å²) in [6.07, 6.45) is 3.03. The third-order valence-electron chi connectivity index (χ3n) is 4.33. The van der Waals surface area contributed by atoms with Gasteiger partial charge in [-0.15, -0.1) is 0 Å². The Morgan fingerprint density at radius 2 is 1.62 bits per heavy atom. The second kappa shape index (κ2) is 8.73. The number of anilines is 3. The lowest BCUT2D eigenvalue weighted by Crippen LogP contribution is -2.15. The minimum atomic E-state index is -0.293. The van der Waals surface area contributed by atoms with E-state index in [9.17, 15) is 4.79 Å². The van der Waals surface area contributed by atoms with E-state index in [-0.39, 0.29) is 12.0 Å². The minimum Gasteiger partial charge on any atom is -0.489 e. The lowest BCUT2D eigenvalue weighted by atomic mass is 10.1. The number of aryl methyl sites for hydroxylation is 3. The zero-order valence-electron chi connectivity index (χ0n) is 17.4. The molecule has 1 aromatic heterocycles. The summed E-state index contributed by atoms with van der Waals surface area (Å²) < 4.78 is 5.74. The van der Waals surface area contributed by atoms with E-state index >= 15 is 0 Å². The molecule has 0 saturated heterocycles. The molecule has 29 heavy (non-hydrogen) atoms. The van der Waals surface area contributed by atoms with Gasteiger partial charge >= 0.3 is 0 Å². The first-order valence-corrected chi connectivity index (χ1v) is 9.57. The monoisotopic (exact) mass is 390 g/mol. The van der Waals surface area contributed by atoms with Crippen LogP contribution in [0.25, 0.3) is 0 Å². The highest BCUT2D eigenvalue weighted by Crippen LogP contribution is 2.26. The molecule has 0 aliphatic heterocycles. The van der Waals surface area contributed by atoms with Gasteiger partial charge in [0.1, 0.15) is 5.75 Å². The number of hydrogen-bond acceptors (Lipinski definition) is 5. The molecule has 150 valence electrons. The van der Waals surface area contributed by atoms with Gasteiger partial charge in [-0.05, 0) is 57.9 Å². The minimum absolute atomic E-state index is 0.00966. The summed E-state index contributed by atoms with van der Waals surface area (Å²) in [7, 11) is 0. The maximum absolute atomic E-state index is 12.6. The number of rotatable bonds is 6. The molecular weight excluding hydrogens is 364 g/mol. The Balaban J connectivity index is 1.73. The second-order valence-corrected chi connectivity index (χ2v) is 7.31. The SMILES string of the molecule is Cc1cc(C)c(Nc2ncc(C(=O)Nc3ccccc3OC(C)C)cn2)c(C)c1. The van der Waals surface area contributed by atoms with Gasteiger partial charge in [-0.25, -0.2) is 9.97 Å². The molecule has 0 unspecified atom stereocenters. The number of nitrogens with one attached hydrogen (secondary N) is 2. The maximum Gasteiger partial charge on any atom is 0.258 e. The van der Waals surface area contributed by atoms with E-state index in [1.165, 1.54) is 18.0 Å². The molecule has 2 aromatic carbocycles. The number of ether oxygens (including phenoxy) is 1. The summed E-state index contributed by atoms with van der Waals surface area (Å²) in [5.41, 5.74) is 5.41. The lowest BCUT2D eigenvalue weighted by Gasteiger charge is -2.15. The van der Waals surface area contributed by atoms with Gasteiger partial charge in [0.15, 0.2) is 0 Å². The van der Waals surface area contributed by atoms with Crippen molar-refractivity contribution in [2.45, 2.75) is 40.7 Å². The summed E-state index contributed by atoms with van der Waals surface area (Å²) in [5.74, 6) is 0.777. The van der Waals surface area contributed by atoms with Crippen molar-refractivity contribution in [1.82, 2.24) is 9.97 Å². The number of nitrogens with zero attached hydrogens (tertiary/aromatic N) is 2. The van der Waals surface area contributed by atoms with Gasteiger partial charge in [-0.2, -0.15) is 0 Å². The molecule has 0 atom stereocenters. The molecule has 3 rings (SSSR count). The average molecular weight is 390 g/mol. The number of benzene rings is 2. The van der Waals surface area contributed by atoms with Crippen LogP contribution in [0.3, 0.4) is 0 Å². The number of carbonyl (C=O) groups is 1. The van der Waals surface area contributed by atoms with Crippen LogP contribution in [0.5, 0.6) is 5.75 Å². The van der Waals surface area contributed by atoms with Crippen molar-refractivity contribution in [3.05, 3.63) is 71.0 Å². The molecule has 0 saturated carbocycles. The van der Waals surface area contributed by atoms with Crippen molar-refractivity contribution in [1.29, 1.82) is 0 Å². The van der Waals surface area contributed by atoms with Crippen molar-refractivity contribution in [2.75, 3.05) is 10.6 Å². The van der Waals surface area contributed by atoms with Crippen LogP contribution in [0.4, 0.5) is 17.3 Å². The molecule has 6 heteroatoms. The Morgan fingerprint density at radius 3 is 2.24 bits per heavy atom. The average Bonchev–Trinajstić information content (AvgIpc) is 2.66. The standard InChI is InChI=1S/C23H26N4O2/c1-14(2)29-20-9-7-6-8-19(20)26-22(28)18-12-24-23(25-13-18)27-21-16(4)10-15(3)11-17(21)5/h6-14H,1-5H3,(H,26,28)(H,24,25,27). The van der Waals surface area contributed by atoms with Crippen LogP contribution in [0.2, 0.25) is 0 Å². The van der Waals surface area contributed by atoms with E-state index in [0.717, 1.165) is 16.8 Å². The maximum atomic E-state index is 12.6. The molecule has 0 fully saturated rings. The van der Waals surface area contributed by atoms with E-state index in [1.54, 1.807) is 6.07 Å². The molecule has 0 aliphatic carbocycles. The Morgan fingerprint density at radius 1 is 1.00 bits per heavy atom. The molecule has 0 radical (unpaired) electrons. The molecule has 3 aromatic rings. The summed E-state index contributed by atoms with van der Waals surface area (Å²) in [4.78, 5) is 21.2. The van der Waals surface area contributed by atoms with Crippen LogP contribution in [-0.2, 0) is 0 Å². The number of carbonyl (C=O) groups excluding carboxylic acids is 1. The fraction of sp³-hybridized carbons (Fsp3) is 0.261. The molecule has 1 amide bonds. The number of para-hydroxylation sites is 2. The highest BCUT2D eigenvalue weighted by molar-refractivity contribution is 6.04. The largest absolute Gasteiger partial charge is 0.489 e. The smallest absolute Gasteiger partial charge is 0.258 e. The van der Waals surface area contributed by atoms with E-state index in [0.29, 0.717) is 22.9 Å². The molecule has 1 heterocycles. The predicted octanol–water partition coefficient (Wildman–Crippen LogP) is 5.18. The van der Waals surface area contributed by atoms with Gasteiger partial charge in [0, 0.05) is 18.1 Å². The van der Waals surface area contributed by atoms with Crippen molar-refractivity contribution >= 4 is 23.2 Å². The van der Waals surface area contributed by atoms with Crippen LogP contribution in [0.15, 0.2) is 48.8 Å². The van der Waals surface area contributed by atoms with Crippen molar-refractivity contribution < 1.29 is 9.53 Å². The normalized spacial score (nSPS) is 10.7. The summed E-state index contributed by atoms with van der Waals surface area (Å²) in [5, 5.41) is 6.10. The van der Waals surface area contributed by atoms with Crippen LogP contribution < -0.4 is 15.4 Å². The number of aromatic nitrogens is 2. The Bertz CT molecular complexity index is 991. The van der Waals surface area contributed by atoms with E-state index in [2.05, 4.69) is 39.7 Å². The number of hydrogen-bond donors (Lipinski definition) is 2. The Labute approximate surface area is 171 Å². The molecule has 2 N–H and O–H groups in total. The van der Waals surface area contributed by atoms with Gasteiger partial charge in [-0.3, -0.25) is 4.79 Å². The van der Waals surface area contributed by atoms with Gasteiger partial charge in [0.25, 0.3) is 5.91 Å². The molecule has 6 nitrogen and oxygen atoms in total. The number of amides is 1. The van der Waals surface area contributed by atoms with Crippen LogP contribution in [-0.4, -0.2) is 22.0 Å². The van der Waals surface area contributed by atoms with Crippen LogP contribution >= 0.6 is 0 Å². The van der Waals surface area contributed by atoms with E-state index in [4.69, 9.17) is 4.74 Å². The first-order chi connectivity index (χ1) is 13.8. The quantitative estimate of drug-likeness (QED) is 0.606. The van der Waals surface area contributed by atoms with Gasteiger partial charge in [-0.1, -0.05) is 29.8 Å². The lowest BCUT2D eigenvalue weighted by molar-refractivity contribution is 0.102. The highest BCUT2D eigenvalue weighted by Gasteiger charge is 2.12. The van der Waals surface area contributed by atoms with E-state index in [1.807, 2.05) is 45.9 Å². The molecule has 0 bridgehead atoms. The van der Waals surface area contributed by atoms with Gasteiger partial charge < -0.3 is 15.4 Å². The topological polar surface area (TPSA) is 76.1 Å². The fourth-order valence-corrected chi connectivity index (χ4v) is 3.12. The van der Waals surface area contributed by atoms with Gasteiger partial charge in [0.2, 0.25) is 5.95 Å². The third kappa shape index (κ3) is 5.10. The van der Waals surface area contributed by atoms with E-state index < -0.39 is 0 Å². The zero-order valence-corrected chi connectivity index (χ0v) is 17.4. The first-order valence-electron chi connectivity index (χ1n) is 9.57. The molecule has 0 aliphatic rings. The third-order valence-corrected chi connectivity index (χ3v) is 4.33. The first kappa shape index (κ1) is 20.3. The zero-order chi connectivity index (χ0) is 21.0. The van der Waals surface area contributed by atoms with Gasteiger partial charge in [0.05, 0.1) is 17.4 Å². The fourth-order valence-electron chi connectivity index (χ4n) is 3.12. The highest BCUT2D eigenvalue weighted by atomic mass is 16.5.